The Bertz CT molecular complexity index is 1070. The molecule has 2 fully saturated rings. The number of fused-ring (bicyclic) bond motifs is 3. The average molecular weight is 477 g/mol. The van der Waals surface area contributed by atoms with E-state index >= 15 is 0 Å². The first kappa shape index (κ1) is 23.4. The Morgan fingerprint density at radius 1 is 0.943 bits per heavy atom. The summed E-state index contributed by atoms with van der Waals surface area (Å²) in [6.07, 6.45) is 4.39. The van der Waals surface area contributed by atoms with Gasteiger partial charge in [0, 0.05) is 12.5 Å². The molecule has 2 aromatic carbocycles. The molecule has 3 aliphatic carbocycles. The number of carboxylic acid groups (broad SMARTS) is 1. The number of rotatable bonds is 9. The van der Waals surface area contributed by atoms with Gasteiger partial charge in [-0.15, -0.1) is 0 Å². The molecular formula is C28H32N2O5. The first-order valence-corrected chi connectivity index (χ1v) is 12.6. The lowest BCUT2D eigenvalue weighted by Gasteiger charge is -2.22. The largest absolute Gasteiger partial charge is 0.481 e. The Labute approximate surface area is 205 Å². The van der Waals surface area contributed by atoms with Crippen LogP contribution in [0.2, 0.25) is 0 Å². The molecule has 0 aromatic heterocycles. The fourth-order valence-corrected chi connectivity index (χ4v) is 5.66. The van der Waals surface area contributed by atoms with Crippen molar-refractivity contribution in [3.63, 3.8) is 0 Å². The van der Waals surface area contributed by atoms with Gasteiger partial charge in [0.1, 0.15) is 12.6 Å². The second-order valence-corrected chi connectivity index (χ2v) is 10.1. The van der Waals surface area contributed by atoms with E-state index in [4.69, 9.17) is 4.74 Å². The molecule has 35 heavy (non-hydrogen) atoms. The lowest BCUT2D eigenvalue weighted by Crippen LogP contribution is -2.48. The zero-order valence-corrected chi connectivity index (χ0v) is 19.7. The number of benzene rings is 2. The number of nitrogens with one attached hydrogen (secondary N) is 2. The maximum Gasteiger partial charge on any atom is 0.407 e. The number of amides is 2. The summed E-state index contributed by atoms with van der Waals surface area (Å²) in [4.78, 5) is 37.1. The first-order valence-electron chi connectivity index (χ1n) is 12.6. The molecule has 2 saturated carbocycles. The predicted molar refractivity (Wildman–Crippen MR) is 131 cm³/mol. The van der Waals surface area contributed by atoms with Gasteiger partial charge >= 0.3 is 12.1 Å². The van der Waals surface area contributed by atoms with Crippen LogP contribution in [0.25, 0.3) is 11.1 Å². The molecule has 3 aliphatic rings. The number of carboxylic acids is 1. The third-order valence-electron chi connectivity index (χ3n) is 7.73. The van der Waals surface area contributed by atoms with Crippen molar-refractivity contribution < 1.29 is 24.2 Å². The number of hydrogen-bond acceptors (Lipinski definition) is 4. The molecule has 2 amide bonds. The Morgan fingerprint density at radius 3 is 2.23 bits per heavy atom. The van der Waals surface area contributed by atoms with Gasteiger partial charge in [-0.2, -0.15) is 0 Å². The monoisotopic (exact) mass is 476 g/mol. The van der Waals surface area contributed by atoms with Gasteiger partial charge in [0.05, 0.1) is 5.92 Å². The normalized spacial score (nSPS) is 21.6. The van der Waals surface area contributed by atoms with Crippen LogP contribution in [0.15, 0.2) is 48.5 Å². The highest BCUT2D eigenvalue weighted by Gasteiger charge is 2.35. The number of aliphatic carboxylic acids is 1. The van der Waals surface area contributed by atoms with E-state index in [2.05, 4.69) is 34.9 Å². The summed E-state index contributed by atoms with van der Waals surface area (Å²) in [5.74, 6) is -1.15. The third-order valence-corrected chi connectivity index (χ3v) is 7.73. The molecule has 7 nitrogen and oxygen atoms in total. The zero-order chi connectivity index (χ0) is 24.4. The second kappa shape index (κ2) is 10.1. The summed E-state index contributed by atoms with van der Waals surface area (Å²) in [6.45, 7) is 0.517. The molecule has 2 aromatic rings. The van der Waals surface area contributed by atoms with Crippen LogP contribution in [0, 0.1) is 17.8 Å². The molecule has 7 heteroatoms. The van der Waals surface area contributed by atoms with E-state index in [1.54, 1.807) is 0 Å². The van der Waals surface area contributed by atoms with Crippen molar-refractivity contribution in [2.45, 2.75) is 50.5 Å². The molecular weight excluding hydrogens is 444 g/mol. The minimum absolute atomic E-state index is 0.0424. The van der Waals surface area contributed by atoms with Crippen LogP contribution >= 0.6 is 0 Å². The van der Waals surface area contributed by atoms with Crippen LogP contribution in [0.5, 0.6) is 0 Å². The first-order chi connectivity index (χ1) is 17.0. The molecule has 0 bridgehead atoms. The highest BCUT2D eigenvalue weighted by molar-refractivity contribution is 5.86. The molecule has 5 rings (SSSR count). The van der Waals surface area contributed by atoms with Gasteiger partial charge in [-0.25, -0.2) is 4.79 Å². The number of alkyl carbamates (subject to hydrolysis) is 1. The summed E-state index contributed by atoms with van der Waals surface area (Å²) in [6, 6.07) is 15.6. The summed E-state index contributed by atoms with van der Waals surface area (Å²) in [5.41, 5.74) is 4.60. The molecule has 0 aliphatic heterocycles. The van der Waals surface area contributed by atoms with Crippen molar-refractivity contribution >= 4 is 18.0 Å². The summed E-state index contributed by atoms with van der Waals surface area (Å²) < 4.78 is 5.64. The molecule has 184 valence electrons. The molecule has 3 N–H and O–H groups in total. The van der Waals surface area contributed by atoms with Gasteiger partial charge in [-0.05, 0) is 53.4 Å². The predicted octanol–water partition coefficient (Wildman–Crippen LogP) is 4.31. The van der Waals surface area contributed by atoms with Crippen LogP contribution < -0.4 is 10.6 Å². The topological polar surface area (TPSA) is 105 Å². The van der Waals surface area contributed by atoms with Gasteiger partial charge in [0.15, 0.2) is 0 Å². The maximum atomic E-state index is 12.9. The lowest BCUT2D eigenvalue weighted by atomic mass is 9.96. The molecule has 0 spiro atoms. The lowest BCUT2D eigenvalue weighted by molar-refractivity contribution is -0.143. The highest BCUT2D eigenvalue weighted by Crippen LogP contribution is 2.44. The minimum Gasteiger partial charge on any atom is -0.481 e. The van der Waals surface area contributed by atoms with Crippen molar-refractivity contribution in [2.24, 2.45) is 17.8 Å². The van der Waals surface area contributed by atoms with Gasteiger partial charge < -0.3 is 20.5 Å². The summed E-state index contributed by atoms with van der Waals surface area (Å²) in [7, 11) is 0. The van der Waals surface area contributed by atoms with Gasteiger partial charge in [0.2, 0.25) is 5.91 Å². The molecule has 0 radical (unpaired) electrons. The smallest absolute Gasteiger partial charge is 0.407 e. The van der Waals surface area contributed by atoms with Crippen LogP contribution in [0.1, 0.15) is 55.6 Å². The van der Waals surface area contributed by atoms with Crippen LogP contribution in [0.3, 0.4) is 0 Å². The summed E-state index contributed by atoms with van der Waals surface area (Å²) in [5, 5.41) is 15.1. The van der Waals surface area contributed by atoms with Crippen LogP contribution in [-0.4, -0.2) is 42.3 Å². The van der Waals surface area contributed by atoms with E-state index in [0.29, 0.717) is 25.3 Å². The van der Waals surface area contributed by atoms with Gasteiger partial charge in [-0.1, -0.05) is 67.8 Å². The SMILES string of the molecule is O=C(N[C@@H](CC1CC1)C(=O)NCC1CCCC1C(=O)O)OCC1c2ccccc2-c2ccccc21. The molecule has 0 saturated heterocycles. The quantitative estimate of drug-likeness (QED) is 0.500. The van der Waals surface area contributed by atoms with E-state index in [0.717, 1.165) is 47.9 Å². The molecule has 3 atom stereocenters. The van der Waals surface area contributed by atoms with Crippen LogP contribution in [0.4, 0.5) is 4.79 Å². The second-order valence-electron chi connectivity index (χ2n) is 10.1. The molecule has 0 heterocycles. The number of hydrogen-bond donors (Lipinski definition) is 3. The Hall–Kier alpha value is -3.35. The zero-order valence-electron chi connectivity index (χ0n) is 19.7. The fourth-order valence-electron chi connectivity index (χ4n) is 5.66. The van der Waals surface area contributed by atoms with Gasteiger partial charge in [-0.3, -0.25) is 9.59 Å². The minimum atomic E-state index is -0.798. The molecule has 2 unspecified atom stereocenters. The van der Waals surface area contributed by atoms with E-state index in [1.807, 2.05) is 24.3 Å². The van der Waals surface area contributed by atoms with Crippen molar-refractivity contribution in [1.29, 1.82) is 0 Å². The Kier molecular flexibility index (Phi) is 6.75. The number of carbonyl (C=O) groups is 3. The van der Waals surface area contributed by atoms with Crippen molar-refractivity contribution in [1.82, 2.24) is 10.6 Å². The highest BCUT2D eigenvalue weighted by atomic mass is 16.5. The van der Waals surface area contributed by atoms with Crippen molar-refractivity contribution in [3.05, 3.63) is 59.7 Å². The van der Waals surface area contributed by atoms with Crippen LogP contribution in [-0.2, 0) is 14.3 Å². The third kappa shape index (κ3) is 5.19. The van der Waals surface area contributed by atoms with Gasteiger partial charge in [0.25, 0.3) is 0 Å². The van der Waals surface area contributed by atoms with Crippen molar-refractivity contribution in [3.8, 4) is 11.1 Å². The Balaban J connectivity index is 1.19. The number of carbonyl (C=O) groups excluding carboxylic acids is 2. The number of ether oxygens (including phenoxy) is 1. The summed E-state index contributed by atoms with van der Waals surface area (Å²) >= 11 is 0. The average Bonchev–Trinajstić information content (AvgIpc) is 3.45. The van der Waals surface area contributed by atoms with Crippen molar-refractivity contribution in [2.75, 3.05) is 13.2 Å². The fraction of sp³-hybridized carbons (Fsp3) is 0.464. The van der Waals surface area contributed by atoms with E-state index in [9.17, 15) is 19.5 Å². The van der Waals surface area contributed by atoms with E-state index in [-0.39, 0.29) is 24.3 Å². The van der Waals surface area contributed by atoms with E-state index < -0.39 is 24.0 Å². The maximum absolute atomic E-state index is 12.9. The standard InChI is InChI=1S/C28H32N2O5/c31-26(29-15-18-6-5-11-19(18)27(32)33)25(14-17-12-13-17)30-28(34)35-16-24-22-9-3-1-7-20(22)21-8-2-4-10-23(21)24/h1-4,7-10,17-19,24-25H,5-6,11-16H2,(H,29,31)(H,30,34)(H,32,33)/t18?,19?,25-/m0/s1. The van der Waals surface area contributed by atoms with E-state index in [1.165, 1.54) is 0 Å². The Morgan fingerprint density at radius 2 is 1.60 bits per heavy atom.